The summed E-state index contributed by atoms with van der Waals surface area (Å²) in [5, 5.41) is 0. The largest absolute Gasteiger partial charge is 0.398 e. The number of rotatable bonds is 2. The van der Waals surface area contributed by atoms with Gasteiger partial charge in [0.1, 0.15) is 12.1 Å². The summed E-state index contributed by atoms with van der Waals surface area (Å²) < 4.78 is 51.6. The number of benzene rings is 1. The zero-order valence-corrected chi connectivity index (χ0v) is 8.14. The first kappa shape index (κ1) is 11.1. The van der Waals surface area contributed by atoms with Crippen molar-refractivity contribution in [3.05, 3.63) is 35.1 Å². The highest BCUT2D eigenvalue weighted by Crippen LogP contribution is 2.59. The van der Waals surface area contributed by atoms with Crippen LogP contribution in [-0.4, -0.2) is 12.5 Å². The van der Waals surface area contributed by atoms with Gasteiger partial charge in [-0.05, 0) is 31.0 Å². The number of carbonyl (C=O) groups excluding carboxylic acids is 1. The summed E-state index contributed by atoms with van der Waals surface area (Å²) in [5.74, 6) is -0.902. The van der Waals surface area contributed by atoms with Crippen molar-refractivity contribution in [2.75, 3.05) is 0 Å². The van der Waals surface area contributed by atoms with Gasteiger partial charge >= 0.3 is 6.18 Å². The Morgan fingerprint density at radius 2 is 1.88 bits per heavy atom. The van der Waals surface area contributed by atoms with Gasteiger partial charge in [-0.25, -0.2) is 4.39 Å². The fraction of sp³-hybridized carbons (Fsp3) is 0.364. The third-order valence-electron chi connectivity index (χ3n) is 2.93. The normalized spacial score (nSPS) is 18.2. The summed E-state index contributed by atoms with van der Waals surface area (Å²) in [7, 11) is 0. The first-order valence-corrected chi connectivity index (χ1v) is 4.73. The Kier molecular flexibility index (Phi) is 2.29. The van der Waals surface area contributed by atoms with Crippen molar-refractivity contribution in [2.45, 2.75) is 24.4 Å². The molecule has 1 aromatic rings. The molecule has 0 atom stereocenters. The van der Waals surface area contributed by atoms with Crippen LogP contribution in [0.1, 0.15) is 28.8 Å². The topological polar surface area (TPSA) is 17.1 Å². The van der Waals surface area contributed by atoms with Gasteiger partial charge in [0.15, 0.2) is 0 Å². The average molecular weight is 232 g/mol. The van der Waals surface area contributed by atoms with Crippen molar-refractivity contribution in [2.24, 2.45) is 0 Å². The van der Waals surface area contributed by atoms with Crippen LogP contribution in [0.3, 0.4) is 0 Å². The zero-order valence-electron chi connectivity index (χ0n) is 8.14. The lowest BCUT2D eigenvalue weighted by molar-refractivity contribution is -0.161. The summed E-state index contributed by atoms with van der Waals surface area (Å²) in [4.78, 5) is 10.5. The van der Waals surface area contributed by atoms with E-state index >= 15 is 0 Å². The number of hydrogen-bond donors (Lipinski definition) is 0. The van der Waals surface area contributed by atoms with E-state index in [1.54, 1.807) is 0 Å². The molecule has 16 heavy (non-hydrogen) atoms. The lowest BCUT2D eigenvalue weighted by Crippen LogP contribution is -2.29. The molecule has 0 spiro atoms. The molecule has 1 aliphatic carbocycles. The quantitative estimate of drug-likeness (QED) is 0.565. The molecular formula is C11H8F4O. The van der Waals surface area contributed by atoms with E-state index in [2.05, 4.69) is 0 Å². The standard InChI is InChI=1S/C11H8F4O/c12-9-2-1-7(6-16)5-8(9)10(3-4-10)11(13,14)15/h1-2,5-6H,3-4H2. The lowest BCUT2D eigenvalue weighted by atomic mass is 9.93. The highest BCUT2D eigenvalue weighted by atomic mass is 19.4. The lowest BCUT2D eigenvalue weighted by Gasteiger charge is -2.20. The van der Waals surface area contributed by atoms with Crippen molar-refractivity contribution in [1.29, 1.82) is 0 Å². The molecule has 1 aliphatic rings. The van der Waals surface area contributed by atoms with Crippen molar-refractivity contribution in [1.82, 2.24) is 0 Å². The molecule has 0 saturated heterocycles. The Morgan fingerprint density at radius 3 is 2.31 bits per heavy atom. The predicted molar refractivity (Wildman–Crippen MR) is 48.8 cm³/mol. The van der Waals surface area contributed by atoms with Gasteiger partial charge in [0.25, 0.3) is 0 Å². The highest BCUT2D eigenvalue weighted by Gasteiger charge is 2.65. The van der Waals surface area contributed by atoms with E-state index in [1.165, 1.54) is 0 Å². The van der Waals surface area contributed by atoms with Gasteiger partial charge in [0.2, 0.25) is 0 Å². The summed E-state index contributed by atoms with van der Waals surface area (Å²) in [6.45, 7) is 0. The van der Waals surface area contributed by atoms with E-state index in [4.69, 9.17) is 0 Å². The molecule has 5 heteroatoms. The van der Waals surface area contributed by atoms with Gasteiger partial charge in [-0.1, -0.05) is 0 Å². The Balaban J connectivity index is 2.52. The van der Waals surface area contributed by atoms with Crippen LogP contribution in [0.4, 0.5) is 17.6 Å². The maximum absolute atomic E-state index is 13.4. The maximum Gasteiger partial charge on any atom is 0.398 e. The van der Waals surface area contributed by atoms with Crippen LogP contribution >= 0.6 is 0 Å². The average Bonchev–Trinajstić information content (AvgIpc) is 2.98. The Morgan fingerprint density at radius 1 is 1.25 bits per heavy atom. The number of hydrogen-bond acceptors (Lipinski definition) is 1. The third-order valence-corrected chi connectivity index (χ3v) is 2.93. The van der Waals surface area contributed by atoms with E-state index in [1.807, 2.05) is 0 Å². The third kappa shape index (κ3) is 1.50. The van der Waals surface area contributed by atoms with Crippen molar-refractivity contribution >= 4 is 6.29 Å². The second kappa shape index (κ2) is 3.30. The fourth-order valence-corrected chi connectivity index (χ4v) is 1.81. The molecule has 0 bridgehead atoms. The minimum Gasteiger partial charge on any atom is -0.298 e. The van der Waals surface area contributed by atoms with E-state index in [0.717, 1.165) is 18.2 Å². The van der Waals surface area contributed by atoms with Gasteiger partial charge in [-0.2, -0.15) is 13.2 Å². The van der Waals surface area contributed by atoms with Crippen LogP contribution in [0.5, 0.6) is 0 Å². The van der Waals surface area contributed by atoms with Crippen LogP contribution in [0.25, 0.3) is 0 Å². The fourth-order valence-electron chi connectivity index (χ4n) is 1.81. The van der Waals surface area contributed by atoms with E-state index in [-0.39, 0.29) is 18.4 Å². The number of carbonyl (C=O) groups is 1. The molecule has 0 amide bonds. The molecule has 0 unspecified atom stereocenters. The van der Waals surface area contributed by atoms with Crippen LogP contribution in [-0.2, 0) is 5.41 Å². The van der Waals surface area contributed by atoms with Crippen LogP contribution in [0.15, 0.2) is 18.2 Å². The molecule has 0 aliphatic heterocycles. The SMILES string of the molecule is O=Cc1ccc(F)c(C2(C(F)(F)F)CC2)c1. The number of halogens is 4. The van der Waals surface area contributed by atoms with E-state index in [9.17, 15) is 22.4 Å². The first-order valence-electron chi connectivity index (χ1n) is 4.73. The van der Waals surface area contributed by atoms with Gasteiger partial charge < -0.3 is 0 Å². The molecule has 86 valence electrons. The maximum atomic E-state index is 13.4. The number of alkyl halides is 3. The molecule has 2 rings (SSSR count). The smallest absolute Gasteiger partial charge is 0.298 e. The zero-order chi connectivity index (χ0) is 12.0. The van der Waals surface area contributed by atoms with Crippen molar-refractivity contribution in [3.8, 4) is 0 Å². The molecule has 0 radical (unpaired) electrons. The molecule has 1 nitrogen and oxygen atoms in total. The molecule has 1 fully saturated rings. The van der Waals surface area contributed by atoms with Gasteiger partial charge in [0.05, 0.1) is 5.41 Å². The minimum atomic E-state index is -4.46. The predicted octanol–water partition coefficient (Wildman–Crippen LogP) is 3.23. The van der Waals surface area contributed by atoms with Gasteiger partial charge in [-0.3, -0.25) is 4.79 Å². The summed E-state index contributed by atoms with van der Waals surface area (Å²) in [6, 6.07) is 3.06. The van der Waals surface area contributed by atoms with Crippen LogP contribution in [0.2, 0.25) is 0 Å². The molecular weight excluding hydrogens is 224 g/mol. The monoisotopic (exact) mass is 232 g/mol. The van der Waals surface area contributed by atoms with Crippen LogP contribution < -0.4 is 0 Å². The Labute approximate surface area is 89.1 Å². The second-order valence-corrected chi connectivity index (χ2v) is 3.94. The van der Waals surface area contributed by atoms with Crippen molar-refractivity contribution in [3.63, 3.8) is 0 Å². The summed E-state index contributed by atoms with van der Waals surface area (Å²) >= 11 is 0. The minimum absolute atomic E-state index is 0.0620. The van der Waals surface area contributed by atoms with Crippen molar-refractivity contribution < 1.29 is 22.4 Å². The van der Waals surface area contributed by atoms with E-state index in [0.29, 0.717) is 6.29 Å². The molecule has 0 aromatic heterocycles. The molecule has 0 heterocycles. The second-order valence-electron chi connectivity index (χ2n) is 3.94. The summed E-state index contributed by atoms with van der Waals surface area (Å²) in [6.07, 6.45) is -4.28. The molecule has 0 N–H and O–H groups in total. The van der Waals surface area contributed by atoms with Gasteiger partial charge in [-0.15, -0.1) is 0 Å². The Hall–Kier alpha value is -1.39. The highest BCUT2D eigenvalue weighted by molar-refractivity contribution is 5.75. The van der Waals surface area contributed by atoms with E-state index < -0.39 is 23.0 Å². The summed E-state index contributed by atoms with van der Waals surface area (Å²) in [5.41, 5.74) is -2.42. The van der Waals surface area contributed by atoms with Crippen LogP contribution in [0, 0.1) is 5.82 Å². The molecule has 1 saturated carbocycles. The Bertz CT molecular complexity index is 432. The van der Waals surface area contributed by atoms with Gasteiger partial charge in [0, 0.05) is 11.1 Å². The molecule has 1 aromatic carbocycles. The number of aldehydes is 1. The first-order chi connectivity index (χ1) is 7.40.